The number of hydrogen-bond acceptors (Lipinski definition) is 6. The molecule has 4 N–H and O–H groups in total. The summed E-state index contributed by atoms with van der Waals surface area (Å²) in [5.74, 6) is 8.16. The molecule has 21 heavy (non-hydrogen) atoms. The molecule has 1 atom stereocenters. The minimum Gasteiger partial charge on any atom is -0.491 e. The van der Waals surface area contributed by atoms with Gasteiger partial charge in [-0.15, -0.1) is 0 Å². The number of nitrogens with zero attached hydrogens (tertiary/aromatic N) is 2. The summed E-state index contributed by atoms with van der Waals surface area (Å²) in [6, 6.07) is 8.12. The summed E-state index contributed by atoms with van der Waals surface area (Å²) in [5, 5.41) is 3.45. The van der Waals surface area contributed by atoms with Crippen molar-refractivity contribution < 1.29 is 4.74 Å². The second-order valence-corrected chi connectivity index (χ2v) is 5.33. The molecule has 1 aromatic carbocycles. The fourth-order valence-corrected chi connectivity index (χ4v) is 2.62. The molecule has 2 aromatic rings. The van der Waals surface area contributed by atoms with Gasteiger partial charge in [0.05, 0.1) is 6.04 Å². The monoisotopic (exact) mass is 285 g/mol. The molecule has 0 bridgehead atoms. The van der Waals surface area contributed by atoms with E-state index in [2.05, 4.69) is 40.6 Å². The first-order valence-electron chi connectivity index (χ1n) is 7.00. The Balaban J connectivity index is 1.93. The van der Waals surface area contributed by atoms with Crippen molar-refractivity contribution >= 4 is 11.6 Å². The van der Waals surface area contributed by atoms with Gasteiger partial charge in [-0.25, -0.2) is 15.8 Å². The molecule has 0 saturated carbocycles. The molecule has 1 aromatic heterocycles. The van der Waals surface area contributed by atoms with Gasteiger partial charge in [0.2, 0.25) is 0 Å². The average Bonchev–Trinajstić information content (AvgIpc) is 2.90. The van der Waals surface area contributed by atoms with E-state index in [1.807, 2.05) is 18.2 Å². The number of hydrazine groups is 1. The Kier molecular flexibility index (Phi) is 3.62. The zero-order valence-electron chi connectivity index (χ0n) is 12.1. The quantitative estimate of drug-likeness (QED) is 0.591. The number of fused-ring (bicyclic) bond motifs is 1. The van der Waals surface area contributed by atoms with Gasteiger partial charge < -0.3 is 15.5 Å². The fourth-order valence-electron chi connectivity index (χ4n) is 2.62. The molecule has 0 fully saturated rings. The topological polar surface area (TPSA) is 85.1 Å². The van der Waals surface area contributed by atoms with Crippen LogP contribution in [0.1, 0.15) is 36.9 Å². The molecule has 6 heteroatoms. The maximum absolute atomic E-state index is 5.69. The molecule has 0 amide bonds. The Hall–Kier alpha value is -2.34. The van der Waals surface area contributed by atoms with Crippen LogP contribution in [0.3, 0.4) is 0 Å². The highest BCUT2D eigenvalue weighted by molar-refractivity contribution is 5.60. The maximum atomic E-state index is 5.69. The lowest BCUT2D eigenvalue weighted by molar-refractivity contribution is 0.339. The molecule has 0 saturated heterocycles. The van der Waals surface area contributed by atoms with Gasteiger partial charge in [-0.3, -0.25) is 0 Å². The summed E-state index contributed by atoms with van der Waals surface area (Å²) in [6.07, 6.45) is 1.51. The smallest absolute Gasteiger partial charge is 0.148 e. The SMILES string of the molecule is CC(C)c1c(NN)ncnc1NC1COc2ccccc21. The second kappa shape index (κ2) is 5.57. The third-order valence-electron chi connectivity index (χ3n) is 3.61. The maximum Gasteiger partial charge on any atom is 0.148 e. The van der Waals surface area contributed by atoms with E-state index in [0.29, 0.717) is 12.4 Å². The number of benzene rings is 1. The summed E-state index contributed by atoms with van der Waals surface area (Å²) < 4.78 is 5.69. The Morgan fingerprint density at radius 3 is 2.76 bits per heavy atom. The molecular weight excluding hydrogens is 266 g/mol. The first-order chi connectivity index (χ1) is 10.2. The van der Waals surface area contributed by atoms with E-state index in [-0.39, 0.29) is 12.0 Å². The van der Waals surface area contributed by atoms with Gasteiger partial charge in [0.1, 0.15) is 30.3 Å². The van der Waals surface area contributed by atoms with E-state index in [0.717, 1.165) is 22.7 Å². The van der Waals surface area contributed by atoms with E-state index < -0.39 is 0 Å². The number of para-hydroxylation sites is 1. The Bertz CT molecular complexity index is 644. The normalized spacial score (nSPS) is 16.5. The van der Waals surface area contributed by atoms with Crippen molar-refractivity contribution in [1.29, 1.82) is 0 Å². The van der Waals surface area contributed by atoms with Crippen LogP contribution in [-0.2, 0) is 0 Å². The van der Waals surface area contributed by atoms with Gasteiger partial charge in [-0.05, 0) is 12.0 Å². The number of aromatic nitrogens is 2. The molecule has 110 valence electrons. The van der Waals surface area contributed by atoms with E-state index in [4.69, 9.17) is 10.6 Å². The number of rotatable bonds is 4. The molecule has 0 spiro atoms. The van der Waals surface area contributed by atoms with Crippen LogP contribution in [0.15, 0.2) is 30.6 Å². The highest BCUT2D eigenvalue weighted by atomic mass is 16.5. The van der Waals surface area contributed by atoms with Crippen LogP contribution in [0.4, 0.5) is 11.6 Å². The lowest BCUT2D eigenvalue weighted by Gasteiger charge is -2.19. The summed E-state index contributed by atoms with van der Waals surface area (Å²) in [6.45, 7) is 4.76. The molecule has 3 rings (SSSR count). The zero-order valence-corrected chi connectivity index (χ0v) is 12.1. The van der Waals surface area contributed by atoms with Crippen molar-refractivity contribution in [2.75, 3.05) is 17.3 Å². The number of nitrogens with two attached hydrogens (primary N) is 1. The average molecular weight is 285 g/mol. The lowest BCUT2D eigenvalue weighted by Crippen LogP contribution is -2.18. The molecule has 0 aliphatic carbocycles. The molecule has 0 radical (unpaired) electrons. The van der Waals surface area contributed by atoms with Crippen LogP contribution in [0, 0.1) is 0 Å². The summed E-state index contributed by atoms with van der Waals surface area (Å²) in [7, 11) is 0. The van der Waals surface area contributed by atoms with Crippen molar-refractivity contribution in [3.8, 4) is 5.75 Å². The summed E-state index contributed by atoms with van der Waals surface area (Å²) >= 11 is 0. The lowest BCUT2D eigenvalue weighted by atomic mass is 10.0. The number of nitrogens with one attached hydrogen (secondary N) is 2. The Labute approximate surface area is 123 Å². The fraction of sp³-hybridized carbons (Fsp3) is 0.333. The van der Waals surface area contributed by atoms with Gasteiger partial charge in [0, 0.05) is 11.1 Å². The Morgan fingerprint density at radius 1 is 1.24 bits per heavy atom. The van der Waals surface area contributed by atoms with E-state index >= 15 is 0 Å². The number of nitrogen functional groups attached to an aromatic ring is 1. The van der Waals surface area contributed by atoms with Crippen LogP contribution < -0.4 is 21.3 Å². The van der Waals surface area contributed by atoms with Crippen molar-refractivity contribution in [3.05, 3.63) is 41.7 Å². The van der Waals surface area contributed by atoms with Gasteiger partial charge in [-0.1, -0.05) is 32.0 Å². The molecule has 1 aliphatic heterocycles. The van der Waals surface area contributed by atoms with E-state index in [1.54, 1.807) is 0 Å². The predicted octanol–water partition coefficient (Wildman–Crippen LogP) is 2.43. The van der Waals surface area contributed by atoms with Gasteiger partial charge in [0.15, 0.2) is 0 Å². The highest BCUT2D eigenvalue weighted by Crippen LogP contribution is 2.36. The minimum atomic E-state index is 0.0826. The van der Waals surface area contributed by atoms with Crippen molar-refractivity contribution in [2.45, 2.75) is 25.8 Å². The third kappa shape index (κ3) is 2.50. The molecule has 2 heterocycles. The Morgan fingerprint density at radius 2 is 2.00 bits per heavy atom. The second-order valence-electron chi connectivity index (χ2n) is 5.33. The van der Waals surface area contributed by atoms with E-state index in [1.165, 1.54) is 6.33 Å². The van der Waals surface area contributed by atoms with Crippen LogP contribution >= 0.6 is 0 Å². The number of hydrogen-bond donors (Lipinski definition) is 3. The van der Waals surface area contributed by atoms with Gasteiger partial charge in [-0.2, -0.15) is 0 Å². The number of anilines is 2. The minimum absolute atomic E-state index is 0.0826. The van der Waals surface area contributed by atoms with Crippen molar-refractivity contribution in [1.82, 2.24) is 9.97 Å². The summed E-state index contributed by atoms with van der Waals surface area (Å²) in [4.78, 5) is 8.55. The molecule has 1 unspecified atom stereocenters. The molecule has 1 aliphatic rings. The standard InChI is InChI=1S/C15H19N5O/c1-9(2)13-14(17-8-18-15(13)20-16)19-11-7-21-12-6-4-3-5-10(11)12/h3-6,8-9,11H,7,16H2,1-2H3,(H2,17,18,19,20). The summed E-state index contributed by atoms with van der Waals surface area (Å²) in [5.41, 5.74) is 4.76. The van der Waals surface area contributed by atoms with Crippen LogP contribution in [0.25, 0.3) is 0 Å². The van der Waals surface area contributed by atoms with Crippen molar-refractivity contribution in [3.63, 3.8) is 0 Å². The van der Waals surface area contributed by atoms with Gasteiger partial charge in [0.25, 0.3) is 0 Å². The van der Waals surface area contributed by atoms with E-state index in [9.17, 15) is 0 Å². The highest BCUT2D eigenvalue weighted by Gasteiger charge is 2.25. The van der Waals surface area contributed by atoms with Crippen LogP contribution in [0.5, 0.6) is 5.75 Å². The van der Waals surface area contributed by atoms with Crippen LogP contribution in [0.2, 0.25) is 0 Å². The van der Waals surface area contributed by atoms with Crippen LogP contribution in [-0.4, -0.2) is 16.6 Å². The first kappa shape index (κ1) is 13.6. The molecular formula is C15H19N5O. The predicted molar refractivity (Wildman–Crippen MR) is 82.2 cm³/mol. The van der Waals surface area contributed by atoms with Gasteiger partial charge >= 0.3 is 0 Å². The number of ether oxygens (including phenoxy) is 1. The largest absolute Gasteiger partial charge is 0.491 e. The first-order valence-corrected chi connectivity index (χ1v) is 7.00. The molecule has 6 nitrogen and oxygen atoms in total. The van der Waals surface area contributed by atoms with Crippen molar-refractivity contribution in [2.24, 2.45) is 5.84 Å². The third-order valence-corrected chi connectivity index (χ3v) is 3.61. The zero-order chi connectivity index (χ0) is 14.8.